The van der Waals surface area contributed by atoms with Crippen LogP contribution in [-0.4, -0.2) is 27.6 Å². The van der Waals surface area contributed by atoms with E-state index in [-0.39, 0.29) is 0 Å². The van der Waals surface area contributed by atoms with Crippen LogP contribution in [-0.2, 0) is 0 Å². The first-order valence-electron chi connectivity index (χ1n) is 6.51. The molecule has 1 N–H and O–H groups in total. The maximum Gasteiger partial charge on any atom is 0.203 e. The summed E-state index contributed by atoms with van der Waals surface area (Å²) >= 11 is 1.89. The van der Waals surface area contributed by atoms with Crippen molar-refractivity contribution >= 4 is 17.7 Å². The highest BCUT2D eigenvalue weighted by atomic mass is 32.2. The van der Waals surface area contributed by atoms with Gasteiger partial charge in [-0.2, -0.15) is 11.8 Å². The Morgan fingerprint density at radius 2 is 2.24 bits per heavy atom. The Morgan fingerprint density at radius 3 is 2.88 bits per heavy atom. The largest absolute Gasteiger partial charge is 0.353 e. The van der Waals surface area contributed by atoms with Crippen LogP contribution in [0.1, 0.15) is 44.3 Å². The van der Waals surface area contributed by atoms with E-state index in [9.17, 15) is 0 Å². The van der Waals surface area contributed by atoms with E-state index in [4.69, 9.17) is 0 Å². The molecule has 1 aromatic rings. The number of nitrogens with one attached hydrogen (secondary N) is 1. The number of imidazole rings is 1. The lowest BCUT2D eigenvalue weighted by atomic mass is 10.2. The lowest BCUT2D eigenvalue weighted by Crippen LogP contribution is -2.19. The summed E-state index contributed by atoms with van der Waals surface area (Å²) in [6.45, 7) is 4.33. The van der Waals surface area contributed by atoms with Crippen LogP contribution in [0.2, 0.25) is 0 Å². The van der Waals surface area contributed by atoms with Crippen molar-refractivity contribution < 1.29 is 0 Å². The molecule has 2 rings (SSSR count). The number of nitrogens with zero attached hydrogens (tertiary/aromatic N) is 2. The molecule has 1 aliphatic carbocycles. The highest BCUT2D eigenvalue weighted by Crippen LogP contribution is 2.24. The first kappa shape index (κ1) is 12.8. The molecule has 3 nitrogen and oxygen atoms in total. The molecule has 96 valence electrons. The third-order valence-corrected chi connectivity index (χ3v) is 4.24. The maximum atomic E-state index is 4.62. The molecule has 0 spiro atoms. The van der Waals surface area contributed by atoms with Crippen molar-refractivity contribution in [3.05, 3.63) is 11.9 Å². The van der Waals surface area contributed by atoms with Crippen molar-refractivity contribution in [1.82, 2.24) is 9.55 Å². The molecule has 0 aromatic carbocycles. The Balaban J connectivity index is 2.08. The molecule has 1 atom stereocenters. The smallest absolute Gasteiger partial charge is 0.203 e. The monoisotopic (exact) mass is 253 g/mol. The van der Waals surface area contributed by atoms with Gasteiger partial charge in [0.2, 0.25) is 5.95 Å². The van der Waals surface area contributed by atoms with Crippen molar-refractivity contribution in [2.24, 2.45) is 0 Å². The van der Waals surface area contributed by atoms with Crippen LogP contribution in [0.3, 0.4) is 0 Å². The molecule has 1 heterocycles. The van der Waals surface area contributed by atoms with Crippen molar-refractivity contribution in [3.63, 3.8) is 0 Å². The average molecular weight is 253 g/mol. The molecule has 0 saturated heterocycles. The molecule has 1 fully saturated rings. The number of rotatable bonds is 5. The Hall–Kier alpha value is -0.640. The van der Waals surface area contributed by atoms with E-state index in [1.807, 2.05) is 11.8 Å². The number of aryl methyl sites for hydroxylation is 1. The van der Waals surface area contributed by atoms with Crippen molar-refractivity contribution in [1.29, 1.82) is 0 Å². The molecule has 0 aliphatic heterocycles. The Morgan fingerprint density at radius 1 is 1.53 bits per heavy atom. The fourth-order valence-electron chi connectivity index (χ4n) is 2.53. The van der Waals surface area contributed by atoms with Crippen molar-refractivity contribution in [3.8, 4) is 0 Å². The van der Waals surface area contributed by atoms with Gasteiger partial charge in [-0.25, -0.2) is 4.98 Å². The zero-order valence-corrected chi connectivity index (χ0v) is 11.9. The second-order valence-electron chi connectivity index (χ2n) is 5.04. The Kier molecular flexibility index (Phi) is 4.37. The summed E-state index contributed by atoms with van der Waals surface area (Å²) in [6.07, 6.45) is 9.63. The van der Waals surface area contributed by atoms with E-state index >= 15 is 0 Å². The van der Waals surface area contributed by atoms with Crippen LogP contribution in [0.25, 0.3) is 0 Å². The quantitative estimate of drug-likeness (QED) is 0.871. The van der Waals surface area contributed by atoms with E-state index in [1.165, 1.54) is 25.7 Å². The molecule has 0 bridgehead atoms. The highest BCUT2D eigenvalue weighted by Gasteiger charge is 2.18. The van der Waals surface area contributed by atoms with E-state index in [1.54, 1.807) is 0 Å². The van der Waals surface area contributed by atoms with E-state index in [0.29, 0.717) is 12.1 Å². The van der Waals surface area contributed by atoms with Crippen LogP contribution in [0.4, 0.5) is 5.95 Å². The molecule has 1 unspecified atom stereocenters. The number of aromatic nitrogens is 2. The second kappa shape index (κ2) is 5.80. The van der Waals surface area contributed by atoms with Gasteiger partial charge in [-0.3, -0.25) is 0 Å². The Labute approximate surface area is 108 Å². The van der Waals surface area contributed by atoms with Crippen LogP contribution in [0.5, 0.6) is 0 Å². The van der Waals surface area contributed by atoms with Gasteiger partial charge in [0.25, 0.3) is 0 Å². The molecule has 4 heteroatoms. The number of anilines is 1. The first-order chi connectivity index (χ1) is 8.20. The van der Waals surface area contributed by atoms with Crippen LogP contribution < -0.4 is 5.32 Å². The lowest BCUT2D eigenvalue weighted by molar-refractivity contribution is 0.604. The van der Waals surface area contributed by atoms with Crippen LogP contribution in [0.15, 0.2) is 6.20 Å². The van der Waals surface area contributed by atoms with Crippen LogP contribution in [0, 0.1) is 6.92 Å². The molecular weight excluding hydrogens is 230 g/mol. The average Bonchev–Trinajstić information content (AvgIpc) is 2.89. The molecule has 0 amide bonds. The molecule has 1 aromatic heterocycles. The predicted octanol–water partition coefficient (Wildman–Crippen LogP) is 3.47. The van der Waals surface area contributed by atoms with Gasteiger partial charge in [0.1, 0.15) is 0 Å². The van der Waals surface area contributed by atoms with Gasteiger partial charge >= 0.3 is 0 Å². The van der Waals surface area contributed by atoms with Gasteiger partial charge in [0.05, 0.1) is 5.69 Å². The third kappa shape index (κ3) is 3.18. The maximum absolute atomic E-state index is 4.62. The van der Waals surface area contributed by atoms with Crippen molar-refractivity contribution in [2.75, 3.05) is 17.3 Å². The normalized spacial score (nSPS) is 18.5. The molecule has 1 aliphatic rings. The summed E-state index contributed by atoms with van der Waals surface area (Å²) in [7, 11) is 0. The van der Waals surface area contributed by atoms with E-state index in [2.05, 4.69) is 41.2 Å². The third-order valence-electron chi connectivity index (χ3n) is 3.42. The van der Waals surface area contributed by atoms with Crippen LogP contribution >= 0.6 is 11.8 Å². The topological polar surface area (TPSA) is 29.9 Å². The highest BCUT2D eigenvalue weighted by molar-refractivity contribution is 7.98. The SMILES string of the molecule is CSCC(C)n1cc(C)nc1NC1CCCC1. The number of thioether (sulfide) groups is 1. The summed E-state index contributed by atoms with van der Waals surface area (Å²) in [4.78, 5) is 4.62. The zero-order chi connectivity index (χ0) is 12.3. The van der Waals surface area contributed by atoms with Gasteiger partial charge in [-0.1, -0.05) is 12.8 Å². The zero-order valence-electron chi connectivity index (χ0n) is 11.1. The van der Waals surface area contributed by atoms with Gasteiger partial charge in [0, 0.05) is 24.0 Å². The summed E-state index contributed by atoms with van der Waals surface area (Å²) in [6, 6.07) is 1.15. The predicted molar refractivity (Wildman–Crippen MR) is 75.9 cm³/mol. The number of hydrogen-bond donors (Lipinski definition) is 1. The number of hydrogen-bond acceptors (Lipinski definition) is 3. The Bertz CT molecular complexity index is 356. The molecule has 17 heavy (non-hydrogen) atoms. The van der Waals surface area contributed by atoms with Gasteiger partial charge in [0.15, 0.2) is 0 Å². The summed E-state index contributed by atoms with van der Waals surface area (Å²) in [5.74, 6) is 2.20. The second-order valence-corrected chi connectivity index (χ2v) is 5.95. The molecule has 0 radical (unpaired) electrons. The van der Waals surface area contributed by atoms with E-state index in [0.717, 1.165) is 17.4 Å². The minimum Gasteiger partial charge on any atom is -0.353 e. The lowest BCUT2D eigenvalue weighted by Gasteiger charge is -2.18. The summed E-state index contributed by atoms with van der Waals surface area (Å²) < 4.78 is 2.30. The minimum absolute atomic E-state index is 0.509. The van der Waals surface area contributed by atoms with Gasteiger partial charge < -0.3 is 9.88 Å². The first-order valence-corrected chi connectivity index (χ1v) is 7.91. The van der Waals surface area contributed by atoms with Gasteiger partial charge in [-0.05, 0) is 32.9 Å². The summed E-state index contributed by atoms with van der Waals surface area (Å²) in [5.41, 5.74) is 1.11. The van der Waals surface area contributed by atoms with Crippen molar-refractivity contribution in [2.45, 2.75) is 51.6 Å². The molecule has 1 saturated carbocycles. The fraction of sp³-hybridized carbons (Fsp3) is 0.769. The molecular formula is C13H23N3S. The fourth-order valence-corrected chi connectivity index (χ4v) is 3.18. The van der Waals surface area contributed by atoms with Gasteiger partial charge in [-0.15, -0.1) is 0 Å². The minimum atomic E-state index is 0.509. The van der Waals surface area contributed by atoms with E-state index < -0.39 is 0 Å². The summed E-state index contributed by atoms with van der Waals surface area (Å²) in [5, 5.41) is 3.61. The standard InChI is InChI=1S/C13H23N3S/c1-10-8-16(11(2)9-17-3)13(14-10)15-12-6-4-5-7-12/h8,11-12H,4-7,9H2,1-3H3,(H,14,15).